The number of amides is 4. The SMILES string of the molecule is CCCC(C)NC(=O)CNC.CNCC(=O)NC(C(=O)N1CCCC1Cc1c(-c2nc3cc(F)ccc3n2CC2CCCN2C=O)[nH]c2cc(F)ccc12)C1CCCCC1. The van der Waals surface area contributed by atoms with E-state index in [0.717, 1.165) is 93.5 Å². The fourth-order valence-corrected chi connectivity index (χ4v) is 9.49. The molecule has 326 valence electrons. The molecule has 3 fully saturated rings. The lowest BCUT2D eigenvalue weighted by Gasteiger charge is -2.35. The number of rotatable bonds is 16. The van der Waals surface area contributed by atoms with Crippen LogP contribution in [0.5, 0.6) is 0 Å². The molecule has 60 heavy (non-hydrogen) atoms. The molecule has 2 saturated heterocycles. The minimum Gasteiger partial charge on any atom is -0.353 e. The number of nitrogens with one attached hydrogen (secondary N) is 5. The van der Waals surface area contributed by atoms with Gasteiger partial charge in [-0.15, -0.1) is 0 Å². The summed E-state index contributed by atoms with van der Waals surface area (Å²) in [6.45, 7) is 6.45. The third kappa shape index (κ3) is 10.7. The number of likely N-dealkylation sites (tertiary alicyclic amines) is 2. The second-order valence-electron chi connectivity index (χ2n) is 16.8. The second kappa shape index (κ2) is 21.1. The summed E-state index contributed by atoms with van der Waals surface area (Å²) >= 11 is 0. The summed E-state index contributed by atoms with van der Waals surface area (Å²) in [5.41, 5.74) is 3.45. The number of aromatic amines is 1. The first kappa shape index (κ1) is 44.7. The van der Waals surface area contributed by atoms with Gasteiger partial charge in [0.05, 0.1) is 29.8 Å². The van der Waals surface area contributed by atoms with Crippen molar-refractivity contribution in [3.05, 3.63) is 53.6 Å². The quantitative estimate of drug-likeness (QED) is 0.0946. The summed E-state index contributed by atoms with van der Waals surface area (Å²) in [5, 5.41) is 12.5. The Morgan fingerprint density at radius 1 is 0.883 bits per heavy atom. The second-order valence-corrected chi connectivity index (χ2v) is 16.8. The molecule has 3 aliphatic rings. The van der Waals surface area contributed by atoms with Crippen LogP contribution < -0.4 is 21.3 Å². The van der Waals surface area contributed by atoms with E-state index in [1.165, 1.54) is 24.3 Å². The first-order valence-corrected chi connectivity index (χ1v) is 21.9. The largest absolute Gasteiger partial charge is 0.353 e. The Balaban J connectivity index is 0.000000483. The number of nitrogens with zero attached hydrogens (tertiary/aromatic N) is 4. The number of hydrogen-bond donors (Lipinski definition) is 5. The molecule has 4 amide bonds. The lowest BCUT2D eigenvalue weighted by atomic mass is 9.83. The van der Waals surface area contributed by atoms with E-state index in [1.54, 1.807) is 31.1 Å². The zero-order chi connectivity index (χ0) is 42.8. The average molecular weight is 832 g/mol. The Morgan fingerprint density at radius 3 is 2.28 bits per heavy atom. The van der Waals surface area contributed by atoms with Crippen molar-refractivity contribution in [2.24, 2.45) is 5.92 Å². The van der Waals surface area contributed by atoms with Crippen molar-refractivity contribution in [2.45, 2.75) is 122 Å². The normalized spacial score (nSPS) is 19.3. The number of halogens is 2. The Labute approximate surface area is 351 Å². The highest BCUT2D eigenvalue weighted by Crippen LogP contribution is 2.37. The van der Waals surface area contributed by atoms with Gasteiger partial charge in [0.2, 0.25) is 24.1 Å². The fourth-order valence-electron chi connectivity index (χ4n) is 9.49. The van der Waals surface area contributed by atoms with Crippen molar-refractivity contribution in [3.8, 4) is 11.5 Å². The first-order chi connectivity index (χ1) is 29.0. The summed E-state index contributed by atoms with van der Waals surface area (Å²) in [5.74, 6) is -0.240. The van der Waals surface area contributed by atoms with Gasteiger partial charge in [-0.3, -0.25) is 19.2 Å². The van der Waals surface area contributed by atoms with Crippen LogP contribution in [-0.4, -0.2) is 113 Å². The van der Waals surface area contributed by atoms with Crippen molar-refractivity contribution in [3.63, 3.8) is 0 Å². The smallest absolute Gasteiger partial charge is 0.245 e. The third-order valence-corrected chi connectivity index (χ3v) is 12.4. The van der Waals surface area contributed by atoms with Crippen LogP contribution in [0.4, 0.5) is 8.78 Å². The highest BCUT2D eigenvalue weighted by molar-refractivity contribution is 5.92. The van der Waals surface area contributed by atoms with Gasteiger partial charge in [-0.05, 0) is 114 Å². The number of fused-ring (bicyclic) bond motifs is 2. The van der Waals surface area contributed by atoms with E-state index in [0.29, 0.717) is 61.2 Å². The number of benzene rings is 2. The van der Waals surface area contributed by atoms with Crippen molar-refractivity contribution >= 4 is 46.1 Å². The standard InChI is InChI=1S/C37H45F2N7O3.C8H18N2O/c1-40-20-33(48)43-34(23-7-3-2-4-8-23)37(49)45-16-6-9-26(45)19-29-28-13-11-24(38)17-30(28)41-35(29)36-42-31-18-25(39)12-14-32(31)46(36)21-27-10-5-15-44(27)22-47;1-4-5-7(2)10-8(11)6-9-3/h11-14,17-18,22-23,26-27,34,40-41H,2-10,15-16,19-21H2,1H3,(H,43,48);7,9H,4-6H2,1-3H3,(H,10,11). The van der Waals surface area contributed by atoms with Crippen LogP contribution >= 0.6 is 0 Å². The highest BCUT2D eigenvalue weighted by Gasteiger charge is 2.39. The molecule has 2 aromatic carbocycles. The molecule has 4 aromatic rings. The maximum absolute atomic E-state index is 14.6. The third-order valence-electron chi connectivity index (χ3n) is 12.4. The van der Waals surface area contributed by atoms with Crippen LogP contribution in [0.15, 0.2) is 36.4 Å². The molecular weight excluding hydrogens is 769 g/mol. The Kier molecular flexibility index (Phi) is 15.7. The molecule has 5 N–H and O–H groups in total. The summed E-state index contributed by atoms with van der Waals surface area (Å²) < 4.78 is 31.1. The van der Waals surface area contributed by atoms with Crippen molar-refractivity contribution in [2.75, 3.05) is 40.3 Å². The van der Waals surface area contributed by atoms with E-state index in [-0.39, 0.29) is 48.1 Å². The van der Waals surface area contributed by atoms with Crippen LogP contribution in [-0.2, 0) is 32.1 Å². The summed E-state index contributed by atoms with van der Waals surface area (Å²) in [7, 11) is 3.49. The van der Waals surface area contributed by atoms with Crippen LogP contribution in [0.2, 0.25) is 0 Å². The first-order valence-electron chi connectivity index (χ1n) is 21.9. The van der Waals surface area contributed by atoms with Gasteiger partial charge in [0.1, 0.15) is 17.7 Å². The van der Waals surface area contributed by atoms with E-state index in [9.17, 15) is 28.0 Å². The maximum Gasteiger partial charge on any atom is 0.245 e. The number of H-pyrrole nitrogens is 1. The zero-order valence-electron chi connectivity index (χ0n) is 35.6. The molecule has 13 nitrogen and oxygen atoms in total. The van der Waals surface area contributed by atoms with Crippen LogP contribution in [0.3, 0.4) is 0 Å². The molecule has 0 spiro atoms. The molecule has 0 radical (unpaired) electrons. The molecule has 7 rings (SSSR count). The Bertz CT molecular complexity index is 2100. The Morgan fingerprint density at radius 2 is 1.57 bits per heavy atom. The van der Waals surface area contributed by atoms with Gasteiger partial charge in [0.15, 0.2) is 5.82 Å². The zero-order valence-corrected chi connectivity index (χ0v) is 35.6. The minimum atomic E-state index is -0.579. The van der Waals surface area contributed by atoms with Gasteiger partial charge in [0, 0.05) is 54.7 Å². The monoisotopic (exact) mass is 831 g/mol. The van der Waals surface area contributed by atoms with Gasteiger partial charge < -0.3 is 40.6 Å². The molecular formula is C45H63F2N9O4. The predicted molar refractivity (Wildman–Crippen MR) is 230 cm³/mol. The topological polar surface area (TPSA) is 156 Å². The van der Waals surface area contributed by atoms with Gasteiger partial charge in [0.25, 0.3) is 0 Å². The van der Waals surface area contributed by atoms with Gasteiger partial charge in [-0.2, -0.15) is 0 Å². The van der Waals surface area contributed by atoms with Crippen molar-refractivity contribution < 1.29 is 28.0 Å². The number of aromatic nitrogens is 3. The molecule has 4 heterocycles. The van der Waals surface area contributed by atoms with Gasteiger partial charge in [-0.25, -0.2) is 13.8 Å². The predicted octanol–water partition coefficient (Wildman–Crippen LogP) is 5.41. The van der Waals surface area contributed by atoms with Crippen LogP contribution in [0.1, 0.15) is 90.0 Å². The highest BCUT2D eigenvalue weighted by atomic mass is 19.1. The summed E-state index contributed by atoms with van der Waals surface area (Å²) in [6, 6.07) is 8.76. The molecule has 4 atom stereocenters. The molecule has 0 bridgehead atoms. The lowest BCUT2D eigenvalue weighted by molar-refractivity contribution is -0.139. The van der Waals surface area contributed by atoms with Crippen molar-refractivity contribution in [1.82, 2.24) is 45.6 Å². The Hall–Kier alpha value is -4.89. The summed E-state index contributed by atoms with van der Waals surface area (Å²) in [6.07, 6.45) is 12.0. The minimum absolute atomic E-state index is 0.0378. The van der Waals surface area contributed by atoms with Crippen LogP contribution in [0, 0.1) is 17.6 Å². The molecule has 1 aliphatic carbocycles. The number of likely N-dealkylation sites (N-methyl/N-ethyl adjacent to an activating group) is 2. The van der Waals surface area contributed by atoms with E-state index < -0.39 is 11.9 Å². The van der Waals surface area contributed by atoms with E-state index in [2.05, 4.69) is 33.2 Å². The number of imidazole rings is 1. The molecule has 2 aliphatic heterocycles. The maximum atomic E-state index is 14.6. The fraction of sp³-hybridized carbons (Fsp3) is 0.578. The molecule has 2 aromatic heterocycles. The molecule has 15 heteroatoms. The number of carbonyl (C=O) groups excluding carboxylic acids is 4. The average Bonchev–Trinajstić information content (AvgIpc) is 4.03. The van der Waals surface area contributed by atoms with E-state index in [4.69, 9.17) is 4.98 Å². The van der Waals surface area contributed by atoms with E-state index in [1.807, 2.05) is 16.4 Å². The number of carbonyl (C=O) groups is 4. The number of hydrogen-bond acceptors (Lipinski definition) is 7. The lowest BCUT2D eigenvalue weighted by Crippen LogP contribution is -2.55. The van der Waals surface area contributed by atoms with Gasteiger partial charge in [-0.1, -0.05) is 32.6 Å². The summed E-state index contributed by atoms with van der Waals surface area (Å²) in [4.78, 5) is 62.2. The van der Waals surface area contributed by atoms with Crippen LogP contribution in [0.25, 0.3) is 33.5 Å². The molecule has 1 saturated carbocycles. The molecule has 4 unspecified atom stereocenters. The van der Waals surface area contributed by atoms with E-state index >= 15 is 0 Å². The van der Waals surface area contributed by atoms with Gasteiger partial charge >= 0.3 is 0 Å². The van der Waals surface area contributed by atoms with Crippen molar-refractivity contribution in [1.29, 1.82) is 0 Å².